The van der Waals surface area contributed by atoms with Gasteiger partial charge in [0, 0.05) is 17.3 Å². The summed E-state index contributed by atoms with van der Waals surface area (Å²) in [7, 11) is -2.20. The van der Waals surface area contributed by atoms with Gasteiger partial charge >= 0.3 is 0 Å². The van der Waals surface area contributed by atoms with Gasteiger partial charge in [-0.1, -0.05) is 24.3 Å². The molecule has 8 heteroatoms. The van der Waals surface area contributed by atoms with Crippen molar-refractivity contribution in [2.75, 3.05) is 11.4 Å². The van der Waals surface area contributed by atoms with Crippen LogP contribution in [0.25, 0.3) is 0 Å². The smallest absolute Gasteiger partial charge is 0.264 e. The summed E-state index contributed by atoms with van der Waals surface area (Å²) >= 11 is 2.68. The van der Waals surface area contributed by atoms with Crippen molar-refractivity contribution in [1.29, 1.82) is 0 Å². The maximum atomic E-state index is 12.7. The normalized spacial score (nSPS) is 11.2. The summed E-state index contributed by atoms with van der Waals surface area (Å²) in [6.07, 6.45) is 0. The van der Waals surface area contributed by atoms with Crippen molar-refractivity contribution in [2.45, 2.75) is 11.4 Å². The number of para-hydroxylation sites is 1. The third-order valence-electron chi connectivity index (χ3n) is 3.58. The number of amides is 1. The standard InChI is InChI=1S/C17H16N2O3S3/c1-19(13-6-3-2-4-7-13)25(21,22)15-10-16(24-12-15)17(20)18-11-14-8-5-9-23-14/h2-10,12H,11H2,1H3,(H,18,20). The van der Waals surface area contributed by atoms with Gasteiger partial charge < -0.3 is 5.32 Å². The Morgan fingerprint density at radius 3 is 2.56 bits per heavy atom. The molecule has 2 aromatic heterocycles. The molecule has 0 radical (unpaired) electrons. The highest BCUT2D eigenvalue weighted by atomic mass is 32.2. The molecule has 0 saturated heterocycles. The molecule has 0 atom stereocenters. The summed E-state index contributed by atoms with van der Waals surface area (Å²) in [5.74, 6) is -0.276. The minimum Gasteiger partial charge on any atom is -0.346 e. The van der Waals surface area contributed by atoms with E-state index in [1.807, 2.05) is 23.6 Å². The molecule has 3 aromatic rings. The van der Waals surface area contributed by atoms with E-state index < -0.39 is 10.0 Å². The molecule has 0 unspecified atom stereocenters. The number of hydrogen-bond donors (Lipinski definition) is 1. The van der Waals surface area contributed by atoms with E-state index >= 15 is 0 Å². The third-order valence-corrected chi connectivity index (χ3v) is 7.30. The Labute approximate surface area is 154 Å². The second-order valence-electron chi connectivity index (χ2n) is 5.22. The highest BCUT2D eigenvalue weighted by Crippen LogP contribution is 2.25. The molecule has 5 nitrogen and oxygen atoms in total. The lowest BCUT2D eigenvalue weighted by atomic mass is 10.3. The largest absolute Gasteiger partial charge is 0.346 e. The molecule has 1 N–H and O–H groups in total. The number of benzene rings is 1. The van der Waals surface area contributed by atoms with Crippen LogP contribution in [0.15, 0.2) is 64.2 Å². The van der Waals surface area contributed by atoms with Gasteiger partial charge in [-0.3, -0.25) is 9.10 Å². The first kappa shape index (κ1) is 17.7. The SMILES string of the molecule is CN(c1ccccc1)S(=O)(=O)c1csc(C(=O)NCc2cccs2)c1. The lowest BCUT2D eigenvalue weighted by molar-refractivity contribution is 0.0955. The lowest BCUT2D eigenvalue weighted by Gasteiger charge is -2.18. The van der Waals surface area contributed by atoms with Crippen LogP contribution in [0.5, 0.6) is 0 Å². The Bertz CT molecular complexity index is 948. The van der Waals surface area contributed by atoms with Gasteiger partial charge in [-0.25, -0.2) is 8.42 Å². The molecule has 0 fully saturated rings. The minimum absolute atomic E-state index is 0.116. The molecular weight excluding hydrogens is 376 g/mol. The predicted molar refractivity (Wildman–Crippen MR) is 102 cm³/mol. The summed E-state index contributed by atoms with van der Waals surface area (Å²) < 4.78 is 26.6. The number of hydrogen-bond acceptors (Lipinski definition) is 5. The predicted octanol–water partition coefficient (Wildman–Crippen LogP) is 3.56. The van der Waals surface area contributed by atoms with Crippen molar-refractivity contribution in [3.8, 4) is 0 Å². The second kappa shape index (κ2) is 7.38. The maximum absolute atomic E-state index is 12.7. The van der Waals surface area contributed by atoms with Crippen molar-refractivity contribution in [1.82, 2.24) is 5.32 Å². The molecule has 0 aliphatic rings. The van der Waals surface area contributed by atoms with Crippen LogP contribution in [0.4, 0.5) is 5.69 Å². The zero-order valence-corrected chi connectivity index (χ0v) is 15.8. The Morgan fingerprint density at radius 1 is 1.12 bits per heavy atom. The van der Waals surface area contributed by atoms with E-state index in [9.17, 15) is 13.2 Å². The van der Waals surface area contributed by atoms with E-state index in [4.69, 9.17) is 0 Å². The van der Waals surface area contributed by atoms with E-state index in [0.717, 1.165) is 16.2 Å². The monoisotopic (exact) mass is 392 g/mol. The zero-order valence-electron chi connectivity index (χ0n) is 13.4. The van der Waals surface area contributed by atoms with Gasteiger partial charge in [0.2, 0.25) is 0 Å². The summed E-state index contributed by atoms with van der Waals surface area (Å²) in [5.41, 5.74) is 0.567. The van der Waals surface area contributed by atoms with E-state index in [-0.39, 0.29) is 10.8 Å². The van der Waals surface area contributed by atoms with Gasteiger partial charge in [0.05, 0.1) is 22.0 Å². The molecule has 1 aromatic carbocycles. The van der Waals surface area contributed by atoms with Crippen LogP contribution in [0, 0.1) is 0 Å². The highest BCUT2D eigenvalue weighted by Gasteiger charge is 2.24. The maximum Gasteiger partial charge on any atom is 0.264 e. The molecule has 0 aliphatic heterocycles. The molecule has 0 spiro atoms. The molecule has 0 bridgehead atoms. The summed E-state index contributed by atoms with van der Waals surface area (Å²) in [4.78, 5) is 13.7. The van der Waals surface area contributed by atoms with Crippen molar-refractivity contribution in [3.05, 3.63) is 69.0 Å². The topological polar surface area (TPSA) is 66.5 Å². The van der Waals surface area contributed by atoms with Crippen LogP contribution in [0.2, 0.25) is 0 Å². The molecule has 3 rings (SSSR count). The molecule has 130 valence electrons. The van der Waals surface area contributed by atoms with Crippen molar-refractivity contribution >= 4 is 44.3 Å². The highest BCUT2D eigenvalue weighted by molar-refractivity contribution is 7.93. The van der Waals surface area contributed by atoms with Crippen molar-refractivity contribution < 1.29 is 13.2 Å². The van der Waals surface area contributed by atoms with Gasteiger partial charge in [0.25, 0.3) is 15.9 Å². The van der Waals surface area contributed by atoms with Crippen molar-refractivity contribution in [2.24, 2.45) is 0 Å². The molecule has 2 heterocycles. The quantitative estimate of drug-likeness (QED) is 0.697. The average Bonchev–Trinajstić information content (AvgIpc) is 3.31. The Hall–Kier alpha value is -2.16. The molecule has 0 saturated carbocycles. The first-order valence-electron chi connectivity index (χ1n) is 7.41. The Morgan fingerprint density at radius 2 is 1.88 bits per heavy atom. The van der Waals surface area contributed by atoms with Crippen LogP contribution >= 0.6 is 22.7 Å². The molecule has 1 amide bonds. The van der Waals surface area contributed by atoms with E-state index in [1.165, 1.54) is 22.8 Å². The fraction of sp³-hybridized carbons (Fsp3) is 0.118. The fourth-order valence-electron chi connectivity index (χ4n) is 2.18. The van der Waals surface area contributed by atoms with Crippen LogP contribution in [-0.4, -0.2) is 21.4 Å². The first-order valence-corrected chi connectivity index (χ1v) is 10.6. The molecule has 25 heavy (non-hydrogen) atoms. The number of anilines is 1. The molecular formula is C17H16N2O3S3. The minimum atomic E-state index is -3.70. The van der Waals surface area contributed by atoms with Crippen LogP contribution in [-0.2, 0) is 16.6 Å². The number of nitrogens with one attached hydrogen (secondary N) is 1. The third kappa shape index (κ3) is 3.92. The van der Waals surface area contributed by atoms with E-state index in [0.29, 0.717) is 17.1 Å². The van der Waals surface area contributed by atoms with Gasteiger partial charge in [-0.15, -0.1) is 22.7 Å². The molecule has 0 aliphatic carbocycles. The average molecular weight is 393 g/mol. The summed E-state index contributed by atoms with van der Waals surface area (Å²) in [5, 5.41) is 6.24. The van der Waals surface area contributed by atoms with Crippen LogP contribution in [0.1, 0.15) is 14.5 Å². The van der Waals surface area contributed by atoms with Gasteiger partial charge in [-0.05, 0) is 29.6 Å². The number of carbonyl (C=O) groups excluding carboxylic acids is 1. The number of sulfonamides is 1. The number of thiophene rings is 2. The number of nitrogens with zero attached hydrogens (tertiary/aromatic N) is 1. The number of carbonyl (C=O) groups is 1. The van der Waals surface area contributed by atoms with E-state index in [1.54, 1.807) is 35.6 Å². The van der Waals surface area contributed by atoms with Gasteiger partial charge in [0.1, 0.15) is 0 Å². The zero-order chi connectivity index (χ0) is 17.9. The lowest BCUT2D eigenvalue weighted by Crippen LogP contribution is -2.26. The van der Waals surface area contributed by atoms with Gasteiger partial charge in [-0.2, -0.15) is 0 Å². The second-order valence-corrected chi connectivity index (χ2v) is 9.13. The summed E-state index contributed by atoms with van der Waals surface area (Å²) in [6, 6.07) is 14.1. The van der Waals surface area contributed by atoms with Crippen molar-refractivity contribution in [3.63, 3.8) is 0 Å². The van der Waals surface area contributed by atoms with E-state index in [2.05, 4.69) is 5.32 Å². The van der Waals surface area contributed by atoms with Crippen LogP contribution in [0.3, 0.4) is 0 Å². The fourth-order valence-corrected chi connectivity index (χ4v) is 5.19. The first-order chi connectivity index (χ1) is 12.0. The Kier molecular flexibility index (Phi) is 5.22. The van der Waals surface area contributed by atoms with Gasteiger partial charge in [0.15, 0.2) is 0 Å². The van der Waals surface area contributed by atoms with Crippen LogP contribution < -0.4 is 9.62 Å². The Balaban J connectivity index is 1.74. The number of rotatable bonds is 6. The summed E-state index contributed by atoms with van der Waals surface area (Å²) in [6.45, 7) is 0.431.